The molecule has 10 heteroatoms. The van der Waals surface area contributed by atoms with Crippen LogP contribution < -0.4 is 0 Å². The molecule has 1 saturated heterocycles. The lowest BCUT2D eigenvalue weighted by atomic mass is 10.1. The first-order valence-electron chi connectivity index (χ1n) is 10.5. The highest BCUT2D eigenvalue weighted by Crippen LogP contribution is 2.23. The Morgan fingerprint density at radius 1 is 0.879 bits per heavy atom. The number of fused-ring (bicyclic) bond motifs is 1. The molecule has 2 amide bonds. The fourth-order valence-electron chi connectivity index (χ4n) is 3.84. The fourth-order valence-corrected chi connectivity index (χ4v) is 5.35. The Morgan fingerprint density at radius 2 is 1.45 bits per heavy atom. The van der Waals surface area contributed by atoms with Crippen LogP contribution in [-0.4, -0.2) is 67.4 Å². The Morgan fingerprint density at radius 3 is 2.03 bits per heavy atom. The first kappa shape index (κ1) is 22.8. The molecule has 2 aromatic rings. The summed E-state index contributed by atoms with van der Waals surface area (Å²) >= 11 is 0. The van der Waals surface area contributed by atoms with Crippen molar-refractivity contribution in [2.75, 3.05) is 26.2 Å². The lowest BCUT2D eigenvalue weighted by molar-refractivity contribution is -0.142. The van der Waals surface area contributed by atoms with Crippen LogP contribution in [0.15, 0.2) is 53.4 Å². The van der Waals surface area contributed by atoms with Crippen LogP contribution in [-0.2, 0) is 19.6 Å². The number of imide groups is 1. The minimum Gasteiger partial charge on any atom is -0.457 e. The molecule has 0 aromatic heterocycles. The Balaban J connectivity index is 1.28. The standard InChI is InChI=1S/C23H22N2O7S/c26-20(16-7-9-17(10-8-16)33(30,31)24-12-3-4-13-24)15-32-21(27)11-14-25-22(28)18-5-1-2-6-19(18)23(25)29/h1-2,5-10H,3-4,11-15H2. The van der Waals surface area contributed by atoms with Gasteiger partial charge in [-0.2, -0.15) is 4.31 Å². The number of hydrogen-bond donors (Lipinski definition) is 0. The van der Waals surface area contributed by atoms with E-state index in [1.165, 1.54) is 28.6 Å². The van der Waals surface area contributed by atoms with Crippen LogP contribution in [0.4, 0.5) is 0 Å². The lowest BCUT2D eigenvalue weighted by Gasteiger charge is -2.15. The second-order valence-electron chi connectivity index (χ2n) is 7.78. The van der Waals surface area contributed by atoms with Crippen LogP contribution >= 0.6 is 0 Å². The molecule has 33 heavy (non-hydrogen) atoms. The molecule has 0 radical (unpaired) electrons. The minimum absolute atomic E-state index is 0.110. The molecule has 2 aliphatic rings. The van der Waals surface area contributed by atoms with E-state index in [1.807, 2.05) is 0 Å². The van der Waals surface area contributed by atoms with Crippen LogP contribution in [0.3, 0.4) is 0 Å². The number of amides is 2. The van der Waals surface area contributed by atoms with Crippen molar-refractivity contribution in [2.45, 2.75) is 24.2 Å². The van der Waals surface area contributed by atoms with Gasteiger partial charge in [0.15, 0.2) is 12.4 Å². The summed E-state index contributed by atoms with van der Waals surface area (Å²) in [5.41, 5.74) is 0.797. The zero-order chi connectivity index (χ0) is 23.6. The van der Waals surface area contributed by atoms with Crippen molar-refractivity contribution < 1.29 is 32.3 Å². The third-order valence-corrected chi connectivity index (χ3v) is 7.57. The lowest BCUT2D eigenvalue weighted by Crippen LogP contribution is -2.32. The van der Waals surface area contributed by atoms with E-state index >= 15 is 0 Å². The molecular weight excluding hydrogens is 448 g/mol. The molecule has 1 fully saturated rings. The van der Waals surface area contributed by atoms with Gasteiger partial charge in [0.2, 0.25) is 10.0 Å². The molecule has 2 aromatic carbocycles. The normalized spacial score (nSPS) is 16.2. The van der Waals surface area contributed by atoms with Crippen LogP contribution in [0.1, 0.15) is 50.3 Å². The van der Waals surface area contributed by atoms with E-state index in [2.05, 4.69) is 0 Å². The van der Waals surface area contributed by atoms with E-state index in [1.54, 1.807) is 24.3 Å². The predicted molar refractivity (Wildman–Crippen MR) is 116 cm³/mol. The zero-order valence-electron chi connectivity index (χ0n) is 17.7. The van der Waals surface area contributed by atoms with E-state index < -0.39 is 40.2 Å². The van der Waals surface area contributed by atoms with E-state index in [4.69, 9.17) is 4.74 Å². The van der Waals surface area contributed by atoms with Crippen molar-refractivity contribution in [1.82, 2.24) is 9.21 Å². The molecule has 4 rings (SSSR count). The number of Topliss-reactive ketones (excluding diaryl/α,β-unsaturated/α-hetero) is 1. The average Bonchev–Trinajstić information content (AvgIpc) is 3.45. The summed E-state index contributed by atoms with van der Waals surface area (Å²) in [6.45, 7) is 0.293. The number of hydrogen-bond acceptors (Lipinski definition) is 7. The maximum atomic E-state index is 12.5. The van der Waals surface area contributed by atoms with Crippen LogP contribution in [0.2, 0.25) is 0 Å². The molecule has 0 aliphatic carbocycles. The maximum absolute atomic E-state index is 12.5. The molecule has 0 atom stereocenters. The highest BCUT2D eigenvalue weighted by Gasteiger charge is 2.35. The van der Waals surface area contributed by atoms with Crippen molar-refractivity contribution in [3.63, 3.8) is 0 Å². The molecule has 0 N–H and O–H groups in total. The number of carbonyl (C=O) groups excluding carboxylic acids is 4. The molecule has 0 unspecified atom stereocenters. The number of ketones is 1. The van der Waals surface area contributed by atoms with E-state index in [9.17, 15) is 27.6 Å². The molecule has 0 spiro atoms. The monoisotopic (exact) mass is 470 g/mol. The smallest absolute Gasteiger partial charge is 0.308 e. The van der Waals surface area contributed by atoms with Gasteiger partial charge < -0.3 is 4.74 Å². The van der Waals surface area contributed by atoms with Crippen molar-refractivity contribution in [3.8, 4) is 0 Å². The number of rotatable bonds is 8. The Labute approximate surface area is 191 Å². The summed E-state index contributed by atoms with van der Waals surface area (Å²) in [4.78, 5) is 50.1. The van der Waals surface area contributed by atoms with Crippen molar-refractivity contribution >= 4 is 33.6 Å². The summed E-state index contributed by atoms with van der Waals surface area (Å²) in [6.07, 6.45) is 1.41. The second kappa shape index (κ2) is 9.24. The van der Waals surface area contributed by atoms with Gasteiger partial charge in [-0.15, -0.1) is 0 Å². The quantitative estimate of drug-likeness (QED) is 0.328. The Bertz CT molecular complexity index is 1180. The van der Waals surface area contributed by atoms with Crippen molar-refractivity contribution in [1.29, 1.82) is 0 Å². The summed E-state index contributed by atoms with van der Waals surface area (Å²) in [5.74, 6) is -2.16. The third-order valence-electron chi connectivity index (χ3n) is 5.66. The summed E-state index contributed by atoms with van der Waals surface area (Å²) in [5, 5.41) is 0. The maximum Gasteiger partial charge on any atom is 0.308 e. The molecule has 0 bridgehead atoms. The highest BCUT2D eigenvalue weighted by molar-refractivity contribution is 7.89. The van der Waals surface area contributed by atoms with Crippen molar-refractivity contribution in [2.24, 2.45) is 0 Å². The largest absolute Gasteiger partial charge is 0.457 e. The first-order chi connectivity index (χ1) is 15.8. The van der Waals surface area contributed by atoms with E-state index in [0.717, 1.165) is 17.7 Å². The topological polar surface area (TPSA) is 118 Å². The van der Waals surface area contributed by atoms with Gasteiger partial charge >= 0.3 is 5.97 Å². The number of nitrogens with zero attached hydrogens (tertiary/aromatic N) is 2. The van der Waals surface area contributed by atoms with E-state index in [-0.39, 0.29) is 23.4 Å². The van der Waals surface area contributed by atoms with Gasteiger partial charge in [0.1, 0.15) is 0 Å². The number of ether oxygens (including phenoxy) is 1. The van der Waals surface area contributed by atoms with Gasteiger partial charge in [-0.3, -0.25) is 24.1 Å². The minimum atomic E-state index is -3.57. The molecule has 172 valence electrons. The Kier molecular flexibility index (Phi) is 6.39. The summed E-state index contributed by atoms with van der Waals surface area (Å²) in [6, 6.07) is 11.9. The van der Waals surface area contributed by atoms with Crippen molar-refractivity contribution in [3.05, 3.63) is 65.2 Å². The third kappa shape index (κ3) is 4.57. The molecular formula is C23H22N2O7S. The second-order valence-corrected chi connectivity index (χ2v) is 9.71. The van der Waals surface area contributed by atoms with Gasteiger partial charge in [-0.25, -0.2) is 8.42 Å². The molecule has 2 heterocycles. The number of sulfonamides is 1. The molecule has 2 aliphatic heterocycles. The van der Waals surface area contributed by atoms with Gasteiger partial charge in [0, 0.05) is 25.2 Å². The van der Waals surface area contributed by atoms with Gasteiger partial charge in [0.05, 0.1) is 22.4 Å². The van der Waals surface area contributed by atoms with Crippen LogP contribution in [0.25, 0.3) is 0 Å². The SMILES string of the molecule is O=C(CCN1C(=O)c2ccccc2C1=O)OCC(=O)c1ccc(S(=O)(=O)N2CCCC2)cc1. The summed E-state index contributed by atoms with van der Waals surface area (Å²) in [7, 11) is -3.57. The van der Waals surface area contributed by atoms with Gasteiger partial charge in [0.25, 0.3) is 11.8 Å². The number of benzene rings is 2. The first-order valence-corrected chi connectivity index (χ1v) is 12.0. The Hall–Kier alpha value is -3.37. The van der Waals surface area contributed by atoms with Gasteiger partial charge in [-0.05, 0) is 49.2 Å². The predicted octanol–water partition coefficient (Wildman–Crippen LogP) is 1.88. The van der Waals surface area contributed by atoms with E-state index in [0.29, 0.717) is 24.2 Å². The fraction of sp³-hybridized carbons (Fsp3) is 0.304. The summed E-state index contributed by atoms with van der Waals surface area (Å²) < 4.78 is 31.5. The highest BCUT2D eigenvalue weighted by atomic mass is 32.2. The number of esters is 1. The average molecular weight is 471 g/mol. The van der Waals surface area contributed by atoms with Crippen LogP contribution in [0, 0.1) is 0 Å². The number of carbonyl (C=O) groups is 4. The molecule has 9 nitrogen and oxygen atoms in total. The van der Waals surface area contributed by atoms with Crippen LogP contribution in [0.5, 0.6) is 0 Å². The molecule has 0 saturated carbocycles. The van der Waals surface area contributed by atoms with Gasteiger partial charge in [-0.1, -0.05) is 12.1 Å². The zero-order valence-corrected chi connectivity index (χ0v) is 18.5.